The van der Waals surface area contributed by atoms with Crippen molar-refractivity contribution in [3.8, 4) is 0 Å². The van der Waals surface area contributed by atoms with Crippen molar-refractivity contribution < 1.29 is 31.1 Å². The summed E-state index contributed by atoms with van der Waals surface area (Å²) in [6.07, 6.45) is -9.95. The second kappa shape index (κ2) is 13.7. The predicted molar refractivity (Wildman–Crippen MR) is 135 cm³/mol. The van der Waals surface area contributed by atoms with Crippen LogP contribution in [0.4, 0.5) is 26.3 Å². The number of carbonyl (C=O) groups excluding carboxylic acids is 1. The van der Waals surface area contributed by atoms with Crippen LogP contribution in [0.1, 0.15) is 35.2 Å². The first-order valence-corrected chi connectivity index (χ1v) is 11.4. The van der Waals surface area contributed by atoms with Crippen LogP contribution >= 0.6 is 24.8 Å². The van der Waals surface area contributed by atoms with Gasteiger partial charge in [-0.05, 0) is 42.3 Å². The van der Waals surface area contributed by atoms with E-state index in [2.05, 4.69) is 16.7 Å². The van der Waals surface area contributed by atoms with Crippen molar-refractivity contribution >= 4 is 30.7 Å². The Kier molecular flexibility index (Phi) is 12.2. The monoisotopic (exact) mass is 573 g/mol. The quantitative estimate of drug-likeness (QED) is 0.383. The molecule has 1 saturated heterocycles. The van der Waals surface area contributed by atoms with Gasteiger partial charge in [0.2, 0.25) is 5.91 Å². The second-order valence-electron chi connectivity index (χ2n) is 8.71. The summed E-state index contributed by atoms with van der Waals surface area (Å²) in [6.45, 7) is 5.93. The standard InChI is InChI=1S/C25H29F6N3O.2ClH/c1-3-33-11-13-34(14-12-33)22(19-7-5-4-6-8-19)23(35)32(2)10-9-18-15-20(24(26,27)28)17-21(16-18)25(29,30)31;;/h4-8,15-17,22H,3,9-14H2,1-2H3;2*1H. The van der Waals surface area contributed by atoms with Gasteiger partial charge in [0.1, 0.15) is 6.04 Å². The molecule has 1 fully saturated rings. The molecule has 0 radical (unpaired) electrons. The van der Waals surface area contributed by atoms with Gasteiger partial charge in [-0.1, -0.05) is 37.3 Å². The van der Waals surface area contributed by atoms with E-state index in [1.165, 1.54) is 11.9 Å². The summed E-state index contributed by atoms with van der Waals surface area (Å²) in [7, 11) is 1.53. The Morgan fingerprint density at radius 3 is 1.86 bits per heavy atom. The van der Waals surface area contributed by atoms with Crippen LogP contribution in [0.25, 0.3) is 0 Å². The third-order valence-electron chi connectivity index (χ3n) is 6.33. The van der Waals surface area contributed by atoms with Crippen LogP contribution in [0, 0.1) is 0 Å². The SMILES string of the molecule is CCN1CCN(C(C(=O)N(C)CCc2cc(C(F)(F)F)cc(C(F)(F)F)c2)c2ccccc2)CC1.Cl.Cl. The lowest BCUT2D eigenvalue weighted by Crippen LogP contribution is -2.51. The van der Waals surface area contributed by atoms with Gasteiger partial charge < -0.3 is 9.80 Å². The Hall–Kier alpha value is -2.01. The van der Waals surface area contributed by atoms with Crippen molar-refractivity contribution in [2.24, 2.45) is 0 Å². The molecule has 12 heteroatoms. The number of carbonyl (C=O) groups is 1. The number of likely N-dealkylation sites (N-methyl/N-ethyl adjacent to an activating group) is 2. The smallest absolute Gasteiger partial charge is 0.344 e. The van der Waals surface area contributed by atoms with Crippen LogP contribution < -0.4 is 0 Å². The zero-order valence-corrected chi connectivity index (χ0v) is 22.1. The zero-order valence-electron chi connectivity index (χ0n) is 20.5. The van der Waals surface area contributed by atoms with Crippen molar-refractivity contribution in [3.05, 3.63) is 70.8 Å². The highest BCUT2D eigenvalue weighted by Gasteiger charge is 2.37. The number of halogens is 8. The molecular weight excluding hydrogens is 543 g/mol. The van der Waals surface area contributed by atoms with Crippen LogP contribution in [0.3, 0.4) is 0 Å². The third kappa shape index (κ3) is 8.77. The van der Waals surface area contributed by atoms with Gasteiger partial charge in [-0.3, -0.25) is 9.69 Å². The van der Waals surface area contributed by atoms with E-state index in [1.54, 1.807) is 0 Å². The van der Waals surface area contributed by atoms with Gasteiger partial charge in [-0.2, -0.15) is 26.3 Å². The Morgan fingerprint density at radius 2 is 1.41 bits per heavy atom. The van der Waals surface area contributed by atoms with E-state index in [9.17, 15) is 31.1 Å². The molecule has 0 aliphatic carbocycles. The largest absolute Gasteiger partial charge is 0.416 e. The number of amides is 1. The highest BCUT2D eigenvalue weighted by atomic mass is 35.5. The van der Waals surface area contributed by atoms with E-state index in [0.29, 0.717) is 25.2 Å². The number of piperazine rings is 1. The number of benzene rings is 2. The van der Waals surface area contributed by atoms with E-state index in [-0.39, 0.29) is 55.3 Å². The van der Waals surface area contributed by atoms with Crippen molar-refractivity contribution in [1.29, 1.82) is 0 Å². The summed E-state index contributed by atoms with van der Waals surface area (Å²) in [4.78, 5) is 19.2. The number of rotatable bonds is 7. The lowest BCUT2D eigenvalue weighted by Gasteiger charge is -2.39. The minimum Gasteiger partial charge on any atom is -0.344 e. The van der Waals surface area contributed by atoms with Gasteiger partial charge in [-0.25, -0.2) is 0 Å². The summed E-state index contributed by atoms with van der Waals surface area (Å²) >= 11 is 0. The van der Waals surface area contributed by atoms with Crippen molar-refractivity contribution in [3.63, 3.8) is 0 Å². The fourth-order valence-corrected chi connectivity index (χ4v) is 4.26. The van der Waals surface area contributed by atoms with E-state index in [0.717, 1.165) is 25.2 Å². The van der Waals surface area contributed by atoms with Crippen LogP contribution in [0.5, 0.6) is 0 Å². The van der Waals surface area contributed by atoms with Crippen LogP contribution in [-0.4, -0.2) is 66.9 Å². The molecule has 1 amide bonds. The number of hydrogen-bond acceptors (Lipinski definition) is 3. The first-order valence-electron chi connectivity index (χ1n) is 11.4. The minimum absolute atomic E-state index is 0. The van der Waals surface area contributed by atoms with Crippen molar-refractivity contribution in [2.75, 3.05) is 46.3 Å². The third-order valence-corrected chi connectivity index (χ3v) is 6.33. The minimum atomic E-state index is -4.91. The van der Waals surface area contributed by atoms with Gasteiger partial charge in [-0.15, -0.1) is 24.8 Å². The van der Waals surface area contributed by atoms with Crippen LogP contribution in [0.15, 0.2) is 48.5 Å². The molecule has 0 spiro atoms. The fourth-order valence-electron chi connectivity index (χ4n) is 4.26. The molecule has 0 aromatic heterocycles. The fraction of sp³-hybridized carbons (Fsp3) is 0.480. The first-order chi connectivity index (χ1) is 16.4. The Balaban J connectivity index is 0.00000342. The van der Waals surface area contributed by atoms with Crippen LogP contribution in [0.2, 0.25) is 0 Å². The molecule has 1 aliphatic rings. The topological polar surface area (TPSA) is 26.8 Å². The van der Waals surface area contributed by atoms with Gasteiger partial charge in [0.05, 0.1) is 11.1 Å². The van der Waals surface area contributed by atoms with E-state index in [1.807, 2.05) is 30.3 Å². The van der Waals surface area contributed by atoms with E-state index < -0.39 is 29.5 Å². The van der Waals surface area contributed by atoms with Gasteiger partial charge >= 0.3 is 12.4 Å². The summed E-state index contributed by atoms with van der Waals surface area (Å²) in [5.74, 6) is -0.246. The Morgan fingerprint density at radius 1 is 0.892 bits per heavy atom. The highest BCUT2D eigenvalue weighted by molar-refractivity contribution is 5.85. The van der Waals surface area contributed by atoms with Crippen LogP contribution in [-0.2, 0) is 23.6 Å². The molecule has 2 aromatic carbocycles. The maximum atomic E-state index is 13.5. The highest BCUT2D eigenvalue weighted by Crippen LogP contribution is 2.36. The average Bonchev–Trinajstić information content (AvgIpc) is 2.82. The van der Waals surface area contributed by atoms with Gasteiger partial charge in [0.15, 0.2) is 0 Å². The molecule has 0 N–H and O–H groups in total. The lowest BCUT2D eigenvalue weighted by atomic mass is 10.0. The molecule has 0 saturated carbocycles. The maximum absolute atomic E-state index is 13.5. The molecule has 0 bridgehead atoms. The summed E-state index contributed by atoms with van der Waals surface area (Å²) in [6, 6.07) is 10.2. The van der Waals surface area contributed by atoms with E-state index in [4.69, 9.17) is 0 Å². The lowest BCUT2D eigenvalue weighted by molar-refractivity contribution is -0.143. The second-order valence-corrected chi connectivity index (χ2v) is 8.71. The molecule has 37 heavy (non-hydrogen) atoms. The molecule has 1 aliphatic heterocycles. The normalized spacial score (nSPS) is 15.9. The summed E-state index contributed by atoms with van der Waals surface area (Å²) < 4.78 is 79.0. The molecule has 1 unspecified atom stereocenters. The average molecular weight is 574 g/mol. The maximum Gasteiger partial charge on any atom is 0.416 e. The molecule has 3 rings (SSSR count). The Labute approximate surface area is 225 Å². The molecule has 208 valence electrons. The molecule has 1 atom stereocenters. The summed E-state index contributed by atoms with van der Waals surface area (Å²) in [5, 5.41) is 0. The number of alkyl halides is 6. The summed E-state index contributed by atoms with van der Waals surface area (Å²) in [5.41, 5.74) is -2.04. The van der Waals surface area contributed by atoms with Gasteiger partial charge in [0.25, 0.3) is 0 Å². The van der Waals surface area contributed by atoms with E-state index >= 15 is 0 Å². The molecular formula is C25H31Cl2F6N3O. The first kappa shape index (κ1) is 33.0. The van der Waals surface area contributed by atoms with Crippen molar-refractivity contribution in [2.45, 2.75) is 31.7 Å². The van der Waals surface area contributed by atoms with Crippen molar-refractivity contribution in [1.82, 2.24) is 14.7 Å². The van der Waals surface area contributed by atoms with Gasteiger partial charge in [0, 0.05) is 39.8 Å². The zero-order chi connectivity index (χ0) is 25.8. The number of hydrogen-bond donors (Lipinski definition) is 0. The molecule has 4 nitrogen and oxygen atoms in total. The predicted octanol–water partition coefficient (Wildman–Crippen LogP) is 5.95. The Bertz CT molecular complexity index is 964. The molecule has 2 aromatic rings. The number of nitrogens with zero attached hydrogens (tertiary/aromatic N) is 3. The molecule has 1 heterocycles.